The van der Waals surface area contributed by atoms with E-state index in [0.29, 0.717) is 24.1 Å². The zero-order valence-electron chi connectivity index (χ0n) is 16.2. The monoisotopic (exact) mass is 375 g/mol. The number of carbonyl (C=O) groups excluding carboxylic acids is 1. The van der Waals surface area contributed by atoms with Gasteiger partial charge in [0, 0.05) is 17.5 Å². The number of carbonyl (C=O) groups is 1. The SMILES string of the molecule is CC(C)(NC(=O)c1ccc(-c2ccccc2)c(OCC2CC2)n1)c1ccc[nH]1. The molecule has 2 aromatic heterocycles. The first kappa shape index (κ1) is 18.3. The maximum atomic E-state index is 12.9. The maximum absolute atomic E-state index is 12.9. The van der Waals surface area contributed by atoms with Crippen LogP contribution in [0.25, 0.3) is 11.1 Å². The molecule has 1 saturated carbocycles. The normalized spacial score (nSPS) is 13.9. The van der Waals surface area contributed by atoms with Gasteiger partial charge in [-0.05, 0) is 62.4 Å². The molecular weight excluding hydrogens is 350 g/mol. The molecule has 5 nitrogen and oxygen atoms in total. The number of nitrogens with one attached hydrogen (secondary N) is 2. The Morgan fingerprint density at radius 1 is 1.14 bits per heavy atom. The molecule has 1 fully saturated rings. The minimum absolute atomic E-state index is 0.226. The third-order valence-corrected chi connectivity index (χ3v) is 5.03. The highest BCUT2D eigenvalue weighted by Crippen LogP contribution is 2.33. The van der Waals surface area contributed by atoms with Crippen molar-refractivity contribution >= 4 is 5.91 Å². The summed E-state index contributed by atoms with van der Waals surface area (Å²) in [6.45, 7) is 4.56. The average molecular weight is 375 g/mol. The molecule has 0 bridgehead atoms. The lowest BCUT2D eigenvalue weighted by atomic mass is 10.0. The molecule has 1 amide bonds. The van der Waals surface area contributed by atoms with Crippen LogP contribution in [0.3, 0.4) is 0 Å². The molecule has 144 valence electrons. The standard InChI is InChI=1S/C23H25N3O2/c1-23(2,20-9-6-14-24-20)26-21(27)19-13-12-18(17-7-4-3-5-8-17)22(25-19)28-15-16-10-11-16/h3-9,12-14,16,24H,10-11,15H2,1-2H3,(H,26,27). The Kier molecular flexibility index (Phi) is 4.90. The molecule has 0 spiro atoms. The van der Waals surface area contributed by atoms with E-state index >= 15 is 0 Å². The Hall–Kier alpha value is -3.08. The number of H-pyrrole nitrogens is 1. The topological polar surface area (TPSA) is 67.0 Å². The largest absolute Gasteiger partial charge is 0.477 e. The second kappa shape index (κ2) is 7.50. The van der Waals surface area contributed by atoms with Gasteiger partial charge in [-0.1, -0.05) is 30.3 Å². The molecule has 0 atom stereocenters. The van der Waals surface area contributed by atoms with E-state index in [1.165, 1.54) is 12.8 Å². The molecule has 0 unspecified atom stereocenters. The number of aromatic nitrogens is 2. The minimum Gasteiger partial charge on any atom is -0.477 e. The highest BCUT2D eigenvalue weighted by molar-refractivity contribution is 5.93. The minimum atomic E-state index is -0.532. The molecule has 4 rings (SSSR count). The molecule has 0 saturated heterocycles. The molecule has 28 heavy (non-hydrogen) atoms. The van der Waals surface area contributed by atoms with Gasteiger partial charge in [-0.3, -0.25) is 4.79 Å². The van der Waals surface area contributed by atoms with Crippen molar-refractivity contribution in [2.45, 2.75) is 32.2 Å². The smallest absolute Gasteiger partial charge is 0.270 e. The number of hydrogen-bond donors (Lipinski definition) is 2. The number of ether oxygens (including phenoxy) is 1. The second-order valence-corrected chi connectivity index (χ2v) is 7.83. The van der Waals surface area contributed by atoms with Gasteiger partial charge in [0.25, 0.3) is 5.91 Å². The summed E-state index contributed by atoms with van der Waals surface area (Å²) in [4.78, 5) is 20.6. The molecule has 0 aliphatic heterocycles. The Labute approximate surface area is 165 Å². The predicted molar refractivity (Wildman–Crippen MR) is 109 cm³/mol. The van der Waals surface area contributed by atoms with Gasteiger partial charge in [0.1, 0.15) is 5.69 Å². The summed E-state index contributed by atoms with van der Waals surface area (Å²) in [6.07, 6.45) is 4.25. The van der Waals surface area contributed by atoms with Crippen molar-refractivity contribution in [1.82, 2.24) is 15.3 Å². The fourth-order valence-electron chi connectivity index (χ4n) is 3.13. The van der Waals surface area contributed by atoms with Gasteiger partial charge in [0.05, 0.1) is 12.1 Å². The summed E-state index contributed by atoms with van der Waals surface area (Å²) in [5, 5.41) is 3.05. The number of amides is 1. The quantitative estimate of drug-likeness (QED) is 0.637. The highest BCUT2D eigenvalue weighted by Gasteiger charge is 2.26. The fourth-order valence-corrected chi connectivity index (χ4v) is 3.13. The maximum Gasteiger partial charge on any atom is 0.270 e. The van der Waals surface area contributed by atoms with Gasteiger partial charge in [-0.25, -0.2) is 4.98 Å². The summed E-state index contributed by atoms with van der Waals surface area (Å²) in [5.41, 5.74) is 2.69. The molecular formula is C23H25N3O2. The van der Waals surface area contributed by atoms with E-state index in [2.05, 4.69) is 15.3 Å². The number of hydrogen-bond acceptors (Lipinski definition) is 3. The Balaban J connectivity index is 1.60. The third-order valence-electron chi connectivity index (χ3n) is 5.03. The van der Waals surface area contributed by atoms with E-state index in [4.69, 9.17) is 4.74 Å². The lowest BCUT2D eigenvalue weighted by molar-refractivity contribution is 0.0904. The van der Waals surface area contributed by atoms with E-state index in [-0.39, 0.29) is 5.91 Å². The van der Waals surface area contributed by atoms with Crippen LogP contribution in [0.1, 0.15) is 42.9 Å². The van der Waals surface area contributed by atoms with Crippen molar-refractivity contribution in [2.24, 2.45) is 5.92 Å². The van der Waals surface area contributed by atoms with E-state index < -0.39 is 5.54 Å². The summed E-state index contributed by atoms with van der Waals surface area (Å²) >= 11 is 0. The van der Waals surface area contributed by atoms with Crippen molar-refractivity contribution < 1.29 is 9.53 Å². The van der Waals surface area contributed by atoms with Gasteiger partial charge in [0.15, 0.2) is 0 Å². The Bertz CT molecular complexity index is 945. The molecule has 5 heteroatoms. The molecule has 1 aromatic carbocycles. The molecule has 2 N–H and O–H groups in total. The summed E-state index contributed by atoms with van der Waals surface area (Å²) in [7, 11) is 0. The lowest BCUT2D eigenvalue weighted by Gasteiger charge is -2.25. The van der Waals surface area contributed by atoms with Crippen LogP contribution >= 0.6 is 0 Å². The number of benzene rings is 1. The molecule has 0 radical (unpaired) electrons. The number of pyridine rings is 1. The first-order chi connectivity index (χ1) is 13.5. The fraction of sp³-hybridized carbons (Fsp3) is 0.304. The van der Waals surface area contributed by atoms with Crippen LogP contribution in [0.5, 0.6) is 5.88 Å². The first-order valence-electron chi connectivity index (χ1n) is 9.68. The van der Waals surface area contributed by atoms with Crippen molar-refractivity contribution in [1.29, 1.82) is 0 Å². The van der Waals surface area contributed by atoms with Gasteiger partial charge in [-0.15, -0.1) is 0 Å². The second-order valence-electron chi connectivity index (χ2n) is 7.83. The average Bonchev–Trinajstić information content (AvgIpc) is 3.35. The van der Waals surface area contributed by atoms with Crippen LogP contribution in [0.15, 0.2) is 60.8 Å². The first-order valence-corrected chi connectivity index (χ1v) is 9.68. The van der Waals surface area contributed by atoms with Gasteiger partial charge in [-0.2, -0.15) is 0 Å². The summed E-state index contributed by atoms with van der Waals surface area (Å²) in [6, 6.07) is 17.5. The van der Waals surface area contributed by atoms with Crippen LogP contribution in [-0.4, -0.2) is 22.5 Å². The van der Waals surface area contributed by atoms with E-state index in [9.17, 15) is 4.79 Å². The van der Waals surface area contributed by atoms with Crippen molar-refractivity contribution in [3.8, 4) is 17.0 Å². The van der Waals surface area contributed by atoms with E-state index in [0.717, 1.165) is 16.8 Å². The molecule has 1 aliphatic carbocycles. The zero-order chi connectivity index (χ0) is 19.6. The predicted octanol–water partition coefficient (Wildman–Crippen LogP) is 4.53. The van der Waals surface area contributed by atoms with Gasteiger partial charge >= 0.3 is 0 Å². The van der Waals surface area contributed by atoms with Crippen LogP contribution in [0.4, 0.5) is 0 Å². The highest BCUT2D eigenvalue weighted by atomic mass is 16.5. The zero-order valence-corrected chi connectivity index (χ0v) is 16.2. The van der Waals surface area contributed by atoms with Crippen molar-refractivity contribution in [3.05, 3.63) is 72.2 Å². The molecule has 2 heterocycles. The summed E-state index contributed by atoms with van der Waals surface area (Å²) in [5.74, 6) is 0.897. The van der Waals surface area contributed by atoms with Crippen molar-refractivity contribution in [2.75, 3.05) is 6.61 Å². The van der Waals surface area contributed by atoms with Crippen LogP contribution in [0, 0.1) is 5.92 Å². The number of aromatic amines is 1. The van der Waals surface area contributed by atoms with E-state index in [1.807, 2.05) is 68.6 Å². The van der Waals surface area contributed by atoms with Crippen LogP contribution in [-0.2, 0) is 5.54 Å². The third kappa shape index (κ3) is 4.09. The van der Waals surface area contributed by atoms with Gasteiger partial charge < -0.3 is 15.0 Å². The summed E-state index contributed by atoms with van der Waals surface area (Å²) < 4.78 is 6.01. The van der Waals surface area contributed by atoms with Gasteiger partial charge in [0.2, 0.25) is 5.88 Å². The van der Waals surface area contributed by atoms with E-state index in [1.54, 1.807) is 6.07 Å². The molecule has 3 aromatic rings. The Morgan fingerprint density at radius 2 is 1.93 bits per heavy atom. The number of rotatable bonds is 7. The lowest BCUT2D eigenvalue weighted by Crippen LogP contribution is -2.41. The number of nitrogens with zero attached hydrogens (tertiary/aromatic N) is 1. The Morgan fingerprint density at radius 3 is 2.61 bits per heavy atom. The molecule has 1 aliphatic rings. The van der Waals surface area contributed by atoms with Crippen molar-refractivity contribution in [3.63, 3.8) is 0 Å². The van der Waals surface area contributed by atoms with Crippen LogP contribution < -0.4 is 10.1 Å². The van der Waals surface area contributed by atoms with Crippen LogP contribution in [0.2, 0.25) is 0 Å².